The number of hydrogen-bond acceptors (Lipinski definition) is 6. The number of piperidine rings is 1. The van der Waals surface area contributed by atoms with Gasteiger partial charge in [-0.15, -0.1) is 0 Å². The zero-order valence-corrected chi connectivity index (χ0v) is 21.4. The van der Waals surface area contributed by atoms with E-state index in [2.05, 4.69) is 15.3 Å². The van der Waals surface area contributed by atoms with Gasteiger partial charge in [-0.25, -0.2) is 13.4 Å². The van der Waals surface area contributed by atoms with Gasteiger partial charge in [-0.05, 0) is 69.5 Å². The molecule has 0 aliphatic carbocycles. The van der Waals surface area contributed by atoms with Crippen LogP contribution in [-0.2, 0) is 14.8 Å². The second kappa shape index (κ2) is 10.6. The first-order valence-corrected chi connectivity index (χ1v) is 13.3. The lowest BCUT2D eigenvalue weighted by molar-refractivity contribution is -0.120. The van der Waals surface area contributed by atoms with E-state index in [0.717, 1.165) is 5.56 Å². The van der Waals surface area contributed by atoms with Gasteiger partial charge in [-0.2, -0.15) is 4.31 Å². The van der Waals surface area contributed by atoms with Crippen LogP contribution in [0.4, 0.5) is 5.69 Å². The number of sulfonamides is 1. The summed E-state index contributed by atoms with van der Waals surface area (Å²) in [5, 5.41) is 2.90. The number of aryl methyl sites for hydroxylation is 2. The maximum atomic E-state index is 13.3. The molecule has 0 bridgehead atoms. The minimum absolute atomic E-state index is 0.104. The number of H-pyrrole nitrogens is 1. The first-order valence-electron chi connectivity index (χ1n) is 11.9. The smallest absolute Gasteiger partial charge is 0.251 e. The van der Waals surface area contributed by atoms with E-state index in [1.165, 1.54) is 10.4 Å². The lowest BCUT2D eigenvalue weighted by Gasteiger charge is -2.31. The van der Waals surface area contributed by atoms with Crippen LogP contribution < -0.4 is 15.6 Å². The maximum absolute atomic E-state index is 13.3. The summed E-state index contributed by atoms with van der Waals surface area (Å²) in [5.41, 5.74) is 2.29. The van der Waals surface area contributed by atoms with Crippen molar-refractivity contribution in [2.24, 2.45) is 5.92 Å². The molecule has 9 nitrogen and oxygen atoms in total. The summed E-state index contributed by atoms with van der Waals surface area (Å²) in [6, 6.07) is 13.3. The van der Waals surface area contributed by atoms with E-state index < -0.39 is 15.9 Å². The number of aromatic amines is 1. The number of rotatable bonds is 7. The van der Waals surface area contributed by atoms with Crippen molar-refractivity contribution in [3.05, 3.63) is 70.1 Å². The molecule has 2 heterocycles. The van der Waals surface area contributed by atoms with Crippen molar-refractivity contribution >= 4 is 21.6 Å². The summed E-state index contributed by atoms with van der Waals surface area (Å²) in [5.74, 6) is 0.328. The highest BCUT2D eigenvalue weighted by Gasteiger charge is 2.33. The van der Waals surface area contributed by atoms with Crippen molar-refractivity contribution in [3.63, 3.8) is 0 Å². The minimum Gasteiger partial charge on any atom is -0.494 e. The Morgan fingerprint density at radius 3 is 2.72 bits per heavy atom. The summed E-state index contributed by atoms with van der Waals surface area (Å²) < 4.78 is 33.5. The number of aromatic nitrogens is 2. The van der Waals surface area contributed by atoms with Crippen molar-refractivity contribution in [1.82, 2.24) is 14.3 Å². The third-order valence-corrected chi connectivity index (χ3v) is 7.97. The molecule has 1 atom stereocenters. The minimum atomic E-state index is -3.75. The lowest BCUT2D eigenvalue weighted by atomic mass is 9.98. The fraction of sp³-hybridized carbons (Fsp3) is 0.346. The Labute approximate surface area is 210 Å². The van der Waals surface area contributed by atoms with Crippen molar-refractivity contribution < 1.29 is 17.9 Å². The molecule has 1 saturated heterocycles. The molecule has 10 heteroatoms. The molecule has 0 saturated carbocycles. The van der Waals surface area contributed by atoms with Crippen LogP contribution >= 0.6 is 0 Å². The van der Waals surface area contributed by atoms with Crippen LogP contribution in [0.15, 0.2) is 58.2 Å². The van der Waals surface area contributed by atoms with Gasteiger partial charge in [0.1, 0.15) is 11.6 Å². The highest BCUT2D eigenvalue weighted by atomic mass is 32.2. The SMILES string of the molecule is CCOc1ccc(S(=O)(=O)N2CCC[C@@H](C(=O)Nc3cccc(-c4nc(C)cc(=O)[nH]4)c3)C2)cc1C. The fourth-order valence-electron chi connectivity index (χ4n) is 4.33. The van der Waals surface area contributed by atoms with E-state index in [4.69, 9.17) is 4.74 Å². The maximum Gasteiger partial charge on any atom is 0.251 e. The molecule has 1 aromatic heterocycles. The Hall–Kier alpha value is -3.50. The molecule has 1 aliphatic rings. The van der Waals surface area contributed by atoms with Crippen LogP contribution in [0.5, 0.6) is 5.75 Å². The van der Waals surface area contributed by atoms with Gasteiger partial charge in [0, 0.05) is 36.1 Å². The number of amides is 1. The molecule has 3 aromatic rings. The highest BCUT2D eigenvalue weighted by Crippen LogP contribution is 2.28. The number of anilines is 1. The van der Waals surface area contributed by atoms with Crippen LogP contribution in [0.25, 0.3) is 11.4 Å². The van der Waals surface area contributed by atoms with E-state index in [1.54, 1.807) is 49.4 Å². The molecular formula is C26H30N4O5S. The van der Waals surface area contributed by atoms with Gasteiger partial charge in [-0.3, -0.25) is 9.59 Å². The van der Waals surface area contributed by atoms with Crippen molar-refractivity contribution in [2.45, 2.75) is 38.5 Å². The van der Waals surface area contributed by atoms with Gasteiger partial charge in [-0.1, -0.05) is 12.1 Å². The second-order valence-electron chi connectivity index (χ2n) is 8.87. The Kier molecular flexibility index (Phi) is 7.56. The number of hydrogen-bond donors (Lipinski definition) is 2. The Morgan fingerprint density at radius 1 is 1.19 bits per heavy atom. The molecule has 0 unspecified atom stereocenters. The van der Waals surface area contributed by atoms with Crippen molar-refractivity contribution in [2.75, 3.05) is 25.0 Å². The van der Waals surface area contributed by atoms with Crippen LogP contribution in [-0.4, -0.2) is 48.3 Å². The monoisotopic (exact) mass is 510 g/mol. The summed E-state index contributed by atoms with van der Waals surface area (Å²) in [6.45, 7) is 6.39. The number of benzene rings is 2. The standard InChI is InChI=1S/C26H30N4O5S/c1-4-35-23-11-10-22(13-17(23)2)36(33,34)30-12-6-8-20(16-30)26(32)28-21-9-5-7-19(15-21)25-27-18(3)14-24(31)29-25/h5,7,9-11,13-15,20H,4,6,8,12,16H2,1-3H3,(H,28,32)(H,27,29,31)/t20-/m1/s1. The first-order chi connectivity index (χ1) is 17.2. The average molecular weight is 511 g/mol. The number of nitrogens with one attached hydrogen (secondary N) is 2. The van der Waals surface area contributed by atoms with E-state index in [9.17, 15) is 18.0 Å². The predicted molar refractivity (Wildman–Crippen MR) is 137 cm³/mol. The quantitative estimate of drug-likeness (QED) is 0.502. The summed E-state index contributed by atoms with van der Waals surface area (Å²) >= 11 is 0. The topological polar surface area (TPSA) is 121 Å². The van der Waals surface area contributed by atoms with Gasteiger partial charge >= 0.3 is 0 Å². The molecule has 190 valence electrons. The first kappa shape index (κ1) is 25.6. The zero-order valence-electron chi connectivity index (χ0n) is 20.6. The largest absolute Gasteiger partial charge is 0.494 e. The van der Waals surface area contributed by atoms with E-state index >= 15 is 0 Å². The summed E-state index contributed by atoms with van der Waals surface area (Å²) in [4.78, 5) is 32.1. The number of ether oxygens (including phenoxy) is 1. The Balaban J connectivity index is 1.48. The Morgan fingerprint density at radius 2 is 2.00 bits per heavy atom. The van der Waals surface area contributed by atoms with Crippen molar-refractivity contribution in [3.8, 4) is 17.1 Å². The lowest BCUT2D eigenvalue weighted by Crippen LogP contribution is -2.43. The van der Waals surface area contributed by atoms with E-state index in [0.29, 0.717) is 54.5 Å². The van der Waals surface area contributed by atoms with Gasteiger partial charge in [0.2, 0.25) is 15.9 Å². The van der Waals surface area contributed by atoms with Crippen LogP contribution in [0.2, 0.25) is 0 Å². The molecule has 1 fully saturated rings. The molecule has 2 N–H and O–H groups in total. The summed E-state index contributed by atoms with van der Waals surface area (Å²) in [6.07, 6.45) is 1.18. The molecule has 1 aliphatic heterocycles. The molecule has 0 spiro atoms. The third-order valence-electron chi connectivity index (χ3n) is 6.11. The predicted octanol–water partition coefficient (Wildman–Crippen LogP) is 3.49. The number of nitrogens with zero attached hydrogens (tertiary/aromatic N) is 2. The molecule has 36 heavy (non-hydrogen) atoms. The normalized spacial score (nSPS) is 16.5. The Bertz CT molecular complexity index is 1430. The molecule has 0 radical (unpaired) electrons. The number of carbonyl (C=O) groups is 1. The van der Waals surface area contributed by atoms with Crippen LogP contribution in [0.3, 0.4) is 0 Å². The van der Waals surface area contributed by atoms with Gasteiger partial charge in [0.25, 0.3) is 5.56 Å². The van der Waals surface area contributed by atoms with E-state index in [1.807, 2.05) is 13.8 Å². The van der Waals surface area contributed by atoms with E-state index in [-0.39, 0.29) is 22.9 Å². The zero-order chi connectivity index (χ0) is 25.9. The molecular weight excluding hydrogens is 480 g/mol. The fourth-order valence-corrected chi connectivity index (χ4v) is 5.94. The van der Waals surface area contributed by atoms with Crippen molar-refractivity contribution in [1.29, 1.82) is 0 Å². The van der Waals surface area contributed by atoms with Crippen LogP contribution in [0.1, 0.15) is 31.0 Å². The van der Waals surface area contributed by atoms with Crippen LogP contribution in [0, 0.1) is 19.8 Å². The van der Waals surface area contributed by atoms with Gasteiger partial charge < -0.3 is 15.0 Å². The number of carbonyl (C=O) groups excluding carboxylic acids is 1. The molecule has 2 aromatic carbocycles. The highest BCUT2D eigenvalue weighted by molar-refractivity contribution is 7.89. The summed E-state index contributed by atoms with van der Waals surface area (Å²) in [7, 11) is -3.75. The molecule has 4 rings (SSSR count). The average Bonchev–Trinajstić information content (AvgIpc) is 2.85. The third kappa shape index (κ3) is 5.66. The van der Waals surface area contributed by atoms with Gasteiger partial charge in [0.15, 0.2) is 0 Å². The second-order valence-corrected chi connectivity index (χ2v) is 10.8. The van der Waals surface area contributed by atoms with Gasteiger partial charge in [0.05, 0.1) is 17.4 Å². The molecule has 1 amide bonds.